The van der Waals surface area contributed by atoms with Gasteiger partial charge >= 0.3 is 0 Å². The molecule has 0 unspecified atom stereocenters. The molecule has 102 valence electrons. The van der Waals surface area contributed by atoms with Gasteiger partial charge in [-0.05, 0) is 30.5 Å². The summed E-state index contributed by atoms with van der Waals surface area (Å²) in [5, 5.41) is 3.69. The van der Waals surface area contributed by atoms with Crippen LogP contribution in [0.25, 0.3) is 0 Å². The van der Waals surface area contributed by atoms with Crippen LogP contribution in [0.1, 0.15) is 12.0 Å². The summed E-state index contributed by atoms with van der Waals surface area (Å²) in [5.41, 5.74) is 1.15. The zero-order valence-corrected chi connectivity index (χ0v) is 11.7. The first-order valence-electron chi connectivity index (χ1n) is 6.62. The van der Waals surface area contributed by atoms with Crippen LogP contribution in [0.3, 0.4) is 0 Å². The monoisotopic (exact) mass is 278 g/mol. The smallest absolute Gasteiger partial charge is 0.234 e. The van der Waals surface area contributed by atoms with Crippen LogP contribution in [0.2, 0.25) is 5.02 Å². The van der Waals surface area contributed by atoms with Crippen molar-refractivity contribution in [2.45, 2.75) is 12.8 Å². The number of amides is 1. The zero-order chi connectivity index (χ0) is 13.5. The third-order valence-corrected chi connectivity index (χ3v) is 3.37. The van der Waals surface area contributed by atoms with E-state index in [4.69, 9.17) is 11.6 Å². The van der Waals surface area contributed by atoms with E-state index in [1.54, 1.807) is 0 Å². The van der Waals surface area contributed by atoms with Gasteiger partial charge in [0.15, 0.2) is 0 Å². The molecule has 0 saturated heterocycles. The quantitative estimate of drug-likeness (QED) is 0.838. The summed E-state index contributed by atoms with van der Waals surface area (Å²) in [6.07, 6.45) is 6.12. The Bertz CT molecular complexity index is 459. The third kappa shape index (κ3) is 5.05. The fourth-order valence-corrected chi connectivity index (χ4v) is 2.34. The van der Waals surface area contributed by atoms with E-state index in [-0.39, 0.29) is 5.91 Å². The zero-order valence-electron chi connectivity index (χ0n) is 10.9. The van der Waals surface area contributed by atoms with Gasteiger partial charge in [0.2, 0.25) is 5.91 Å². The number of hydrogen-bond donors (Lipinski definition) is 1. The van der Waals surface area contributed by atoms with Crippen LogP contribution < -0.4 is 5.32 Å². The molecular formula is C15H19ClN2O. The summed E-state index contributed by atoms with van der Waals surface area (Å²) in [6.45, 7) is 2.99. The minimum absolute atomic E-state index is 0.0947. The predicted molar refractivity (Wildman–Crippen MR) is 78.4 cm³/mol. The van der Waals surface area contributed by atoms with Gasteiger partial charge in [-0.2, -0.15) is 0 Å². The molecule has 0 radical (unpaired) electrons. The van der Waals surface area contributed by atoms with Crippen LogP contribution in [-0.2, 0) is 11.2 Å². The summed E-state index contributed by atoms with van der Waals surface area (Å²) in [5.74, 6) is 0.0947. The van der Waals surface area contributed by atoms with E-state index in [2.05, 4.69) is 22.4 Å². The molecular weight excluding hydrogens is 260 g/mol. The molecule has 0 aliphatic carbocycles. The van der Waals surface area contributed by atoms with E-state index in [0.29, 0.717) is 13.1 Å². The summed E-state index contributed by atoms with van der Waals surface area (Å²) >= 11 is 5.91. The molecule has 4 heteroatoms. The molecule has 19 heavy (non-hydrogen) atoms. The van der Waals surface area contributed by atoms with Crippen LogP contribution in [0.15, 0.2) is 36.4 Å². The SMILES string of the molecule is O=C(CN1CC=CCC1)NCCc1cccc(Cl)c1. The summed E-state index contributed by atoms with van der Waals surface area (Å²) < 4.78 is 0. The molecule has 1 aromatic carbocycles. The highest BCUT2D eigenvalue weighted by Crippen LogP contribution is 2.10. The Balaban J connectivity index is 1.67. The molecule has 1 aliphatic rings. The van der Waals surface area contributed by atoms with Crippen molar-refractivity contribution in [3.63, 3.8) is 0 Å². The topological polar surface area (TPSA) is 32.3 Å². The first kappa shape index (κ1) is 14.1. The second kappa shape index (κ2) is 7.31. The molecule has 0 fully saturated rings. The number of nitrogens with one attached hydrogen (secondary N) is 1. The van der Waals surface area contributed by atoms with Crippen molar-refractivity contribution in [1.82, 2.24) is 10.2 Å². The van der Waals surface area contributed by atoms with Crippen LogP contribution in [-0.4, -0.2) is 37.0 Å². The molecule has 0 aromatic heterocycles. The first-order chi connectivity index (χ1) is 9.24. The van der Waals surface area contributed by atoms with Gasteiger partial charge in [-0.15, -0.1) is 0 Å². The second-order valence-electron chi connectivity index (χ2n) is 4.73. The van der Waals surface area contributed by atoms with Crippen molar-refractivity contribution in [3.8, 4) is 0 Å². The molecule has 2 rings (SSSR count). The molecule has 0 bridgehead atoms. The Kier molecular flexibility index (Phi) is 5.43. The lowest BCUT2D eigenvalue weighted by Crippen LogP contribution is -2.39. The molecule has 3 nitrogen and oxygen atoms in total. The third-order valence-electron chi connectivity index (χ3n) is 3.13. The van der Waals surface area contributed by atoms with Gasteiger partial charge in [-0.25, -0.2) is 0 Å². The van der Waals surface area contributed by atoms with Gasteiger partial charge in [0.05, 0.1) is 6.54 Å². The number of rotatable bonds is 5. The first-order valence-corrected chi connectivity index (χ1v) is 7.00. The molecule has 0 atom stereocenters. The van der Waals surface area contributed by atoms with Crippen molar-refractivity contribution >= 4 is 17.5 Å². The van der Waals surface area contributed by atoms with E-state index in [9.17, 15) is 4.79 Å². The lowest BCUT2D eigenvalue weighted by Gasteiger charge is -2.22. The van der Waals surface area contributed by atoms with E-state index in [0.717, 1.165) is 36.5 Å². The summed E-state index contributed by atoms with van der Waals surface area (Å²) in [4.78, 5) is 13.9. The van der Waals surface area contributed by atoms with Crippen LogP contribution in [0, 0.1) is 0 Å². The standard InChI is InChI=1S/C15H19ClN2O/c16-14-6-4-5-13(11-14)7-8-17-15(19)12-18-9-2-1-3-10-18/h1-2,4-6,11H,3,7-10,12H2,(H,17,19). The van der Waals surface area contributed by atoms with Gasteiger partial charge in [-0.1, -0.05) is 35.9 Å². The maximum absolute atomic E-state index is 11.8. The van der Waals surface area contributed by atoms with Gasteiger partial charge in [-0.3, -0.25) is 9.69 Å². The second-order valence-corrected chi connectivity index (χ2v) is 5.16. The van der Waals surface area contributed by atoms with E-state index < -0.39 is 0 Å². The molecule has 1 aliphatic heterocycles. The maximum Gasteiger partial charge on any atom is 0.234 e. The van der Waals surface area contributed by atoms with Gasteiger partial charge in [0, 0.05) is 24.7 Å². The van der Waals surface area contributed by atoms with Crippen LogP contribution in [0.5, 0.6) is 0 Å². The van der Waals surface area contributed by atoms with Crippen molar-refractivity contribution in [3.05, 3.63) is 47.0 Å². The maximum atomic E-state index is 11.8. The Hall–Kier alpha value is -1.32. The Morgan fingerprint density at radius 1 is 1.37 bits per heavy atom. The lowest BCUT2D eigenvalue weighted by atomic mass is 10.1. The number of halogens is 1. The normalized spacial score (nSPS) is 15.4. The molecule has 1 N–H and O–H groups in total. The molecule has 1 aromatic rings. The van der Waals surface area contributed by atoms with E-state index in [1.807, 2.05) is 24.3 Å². The van der Waals surface area contributed by atoms with Gasteiger partial charge in [0.1, 0.15) is 0 Å². The highest BCUT2D eigenvalue weighted by atomic mass is 35.5. The molecule has 1 heterocycles. The minimum atomic E-state index is 0.0947. The predicted octanol–water partition coefficient (Wildman–Crippen LogP) is 2.26. The number of nitrogens with zero attached hydrogens (tertiary/aromatic N) is 1. The minimum Gasteiger partial charge on any atom is -0.355 e. The summed E-state index contributed by atoms with van der Waals surface area (Å²) in [7, 11) is 0. The Labute approximate surface area is 119 Å². The Morgan fingerprint density at radius 2 is 2.26 bits per heavy atom. The molecule has 0 saturated carbocycles. The van der Waals surface area contributed by atoms with Crippen molar-refractivity contribution in [1.29, 1.82) is 0 Å². The number of carbonyl (C=O) groups is 1. The van der Waals surface area contributed by atoms with Crippen molar-refractivity contribution in [2.75, 3.05) is 26.2 Å². The molecule has 1 amide bonds. The van der Waals surface area contributed by atoms with E-state index >= 15 is 0 Å². The van der Waals surface area contributed by atoms with Gasteiger partial charge < -0.3 is 5.32 Å². The van der Waals surface area contributed by atoms with E-state index in [1.165, 1.54) is 0 Å². The Morgan fingerprint density at radius 3 is 3.00 bits per heavy atom. The van der Waals surface area contributed by atoms with Crippen molar-refractivity contribution in [2.24, 2.45) is 0 Å². The fourth-order valence-electron chi connectivity index (χ4n) is 2.13. The van der Waals surface area contributed by atoms with Crippen LogP contribution >= 0.6 is 11.6 Å². The number of benzene rings is 1. The average molecular weight is 279 g/mol. The molecule has 0 spiro atoms. The van der Waals surface area contributed by atoms with Crippen molar-refractivity contribution < 1.29 is 4.79 Å². The largest absolute Gasteiger partial charge is 0.355 e. The average Bonchev–Trinajstić information content (AvgIpc) is 2.40. The highest BCUT2D eigenvalue weighted by Gasteiger charge is 2.10. The number of carbonyl (C=O) groups excluding carboxylic acids is 1. The highest BCUT2D eigenvalue weighted by molar-refractivity contribution is 6.30. The van der Waals surface area contributed by atoms with Gasteiger partial charge in [0.25, 0.3) is 0 Å². The number of hydrogen-bond acceptors (Lipinski definition) is 2. The fraction of sp³-hybridized carbons (Fsp3) is 0.400. The summed E-state index contributed by atoms with van der Waals surface area (Å²) in [6, 6.07) is 7.74. The van der Waals surface area contributed by atoms with Crippen LogP contribution in [0.4, 0.5) is 0 Å². The lowest BCUT2D eigenvalue weighted by molar-refractivity contribution is -0.122.